The van der Waals surface area contributed by atoms with Gasteiger partial charge in [-0.05, 0) is 55.0 Å². The van der Waals surface area contributed by atoms with E-state index in [0.717, 1.165) is 5.56 Å². The summed E-state index contributed by atoms with van der Waals surface area (Å²) in [5.74, 6) is 0.415. The molecule has 0 spiro atoms. The molecule has 8 heteroatoms. The molecule has 6 nitrogen and oxygen atoms in total. The molecular weight excluding hydrogens is 424 g/mol. The van der Waals surface area contributed by atoms with Crippen LogP contribution in [0.5, 0.6) is 5.75 Å². The molecule has 1 amide bonds. The molecule has 0 saturated carbocycles. The Labute approximate surface area is 180 Å². The number of carbonyl (C=O) groups is 1. The van der Waals surface area contributed by atoms with Crippen molar-refractivity contribution in [2.24, 2.45) is 0 Å². The van der Waals surface area contributed by atoms with Gasteiger partial charge in [-0.15, -0.1) is 0 Å². The zero-order valence-corrected chi connectivity index (χ0v) is 17.8. The van der Waals surface area contributed by atoms with Crippen LogP contribution in [0, 0.1) is 6.92 Å². The average Bonchev–Trinajstić information content (AvgIpc) is 2.70. The van der Waals surface area contributed by atoms with Crippen molar-refractivity contribution in [1.82, 2.24) is 0 Å². The number of halogens is 1. The van der Waals surface area contributed by atoms with Crippen molar-refractivity contribution < 1.29 is 17.9 Å². The summed E-state index contributed by atoms with van der Waals surface area (Å²) in [5, 5.41) is 2.98. The van der Waals surface area contributed by atoms with Crippen LogP contribution in [-0.2, 0) is 14.8 Å². The molecule has 0 aliphatic rings. The number of aryl methyl sites for hydroxylation is 1. The van der Waals surface area contributed by atoms with Crippen LogP contribution in [0.15, 0.2) is 77.7 Å². The van der Waals surface area contributed by atoms with Gasteiger partial charge < -0.3 is 10.1 Å². The van der Waals surface area contributed by atoms with Gasteiger partial charge in [-0.2, -0.15) is 0 Å². The molecule has 2 N–H and O–H groups in total. The first-order valence-electron chi connectivity index (χ1n) is 9.20. The van der Waals surface area contributed by atoms with Gasteiger partial charge in [0.25, 0.3) is 10.0 Å². The van der Waals surface area contributed by atoms with Crippen molar-refractivity contribution in [3.63, 3.8) is 0 Å². The van der Waals surface area contributed by atoms with Crippen LogP contribution in [0.2, 0.25) is 5.02 Å². The van der Waals surface area contributed by atoms with Crippen LogP contribution in [-0.4, -0.2) is 20.9 Å². The Hall–Kier alpha value is -3.03. The van der Waals surface area contributed by atoms with E-state index in [1.54, 1.807) is 36.4 Å². The first-order chi connectivity index (χ1) is 14.3. The summed E-state index contributed by atoms with van der Waals surface area (Å²) < 4.78 is 33.3. The monoisotopic (exact) mass is 444 g/mol. The van der Waals surface area contributed by atoms with Crippen molar-refractivity contribution in [3.8, 4) is 5.75 Å². The van der Waals surface area contributed by atoms with Gasteiger partial charge in [0.15, 0.2) is 0 Å². The maximum atomic E-state index is 12.6. The zero-order valence-electron chi connectivity index (χ0n) is 16.3. The second-order valence-corrected chi connectivity index (χ2v) is 8.67. The molecule has 156 valence electrons. The summed E-state index contributed by atoms with van der Waals surface area (Å²) in [6.07, 6.45) is 0.128. The van der Waals surface area contributed by atoms with Crippen LogP contribution in [0.4, 0.5) is 11.4 Å². The quantitative estimate of drug-likeness (QED) is 0.519. The second kappa shape index (κ2) is 9.65. The maximum absolute atomic E-state index is 12.6. The second-order valence-electron chi connectivity index (χ2n) is 6.58. The lowest BCUT2D eigenvalue weighted by Gasteiger charge is -2.11. The number of benzene rings is 3. The molecule has 0 atom stereocenters. The predicted octanol–water partition coefficient (Wildman–Crippen LogP) is 4.86. The van der Waals surface area contributed by atoms with Gasteiger partial charge in [0.2, 0.25) is 5.91 Å². The fraction of sp³-hybridized carbons (Fsp3) is 0.136. The van der Waals surface area contributed by atoms with Gasteiger partial charge in [-0.1, -0.05) is 41.9 Å². The lowest BCUT2D eigenvalue weighted by Crippen LogP contribution is -2.16. The molecular formula is C22H21ClN2O4S. The van der Waals surface area contributed by atoms with Gasteiger partial charge in [0, 0.05) is 5.69 Å². The number of anilines is 2. The molecule has 3 aromatic carbocycles. The summed E-state index contributed by atoms with van der Waals surface area (Å²) >= 11 is 6.02. The number of sulfonamides is 1. The van der Waals surface area contributed by atoms with E-state index in [2.05, 4.69) is 10.0 Å². The van der Waals surface area contributed by atoms with E-state index in [1.807, 2.05) is 31.2 Å². The number of carbonyl (C=O) groups excluding carboxylic acids is 1. The number of rotatable bonds is 8. The number of hydrogen-bond donors (Lipinski definition) is 2. The lowest BCUT2D eigenvalue weighted by atomic mass is 10.2. The minimum absolute atomic E-state index is 0.0104. The predicted molar refractivity (Wildman–Crippen MR) is 119 cm³/mol. The maximum Gasteiger partial charge on any atom is 0.262 e. The summed E-state index contributed by atoms with van der Waals surface area (Å²) in [6.45, 7) is 2.17. The fourth-order valence-electron chi connectivity index (χ4n) is 2.68. The summed E-state index contributed by atoms with van der Waals surface area (Å²) in [6, 6.07) is 20.1. The van der Waals surface area contributed by atoms with Crippen LogP contribution < -0.4 is 14.8 Å². The van der Waals surface area contributed by atoms with E-state index >= 15 is 0 Å². The smallest absolute Gasteiger partial charge is 0.262 e. The van der Waals surface area contributed by atoms with Crippen molar-refractivity contribution in [2.75, 3.05) is 16.6 Å². The Bertz CT molecular complexity index is 1150. The Morgan fingerprint density at radius 3 is 2.53 bits per heavy atom. The highest BCUT2D eigenvalue weighted by Crippen LogP contribution is 2.25. The number of hydrogen-bond acceptors (Lipinski definition) is 4. The number of ether oxygens (including phenoxy) is 1. The molecule has 0 heterocycles. The Kier molecular flexibility index (Phi) is 6.97. The minimum Gasteiger partial charge on any atom is -0.493 e. The Morgan fingerprint density at radius 1 is 1.00 bits per heavy atom. The van der Waals surface area contributed by atoms with E-state index in [1.165, 1.54) is 12.1 Å². The van der Waals surface area contributed by atoms with Crippen LogP contribution in [0.3, 0.4) is 0 Å². The Morgan fingerprint density at radius 2 is 1.77 bits per heavy atom. The molecule has 0 saturated heterocycles. The molecule has 0 radical (unpaired) electrons. The van der Waals surface area contributed by atoms with Gasteiger partial charge in [0.1, 0.15) is 5.75 Å². The first kappa shape index (κ1) is 21.7. The van der Waals surface area contributed by atoms with Gasteiger partial charge in [0.05, 0.1) is 28.6 Å². The summed E-state index contributed by atoms with van der Waals surface area (Å²) in [4.78, 5) is 12.2. The third kappa shape index (κ3) is 5.98. The van der Waals surface area contributed by atoms with Crippen molar-refractivity contribution in [3.05, 3.63) is 83.4 Å². The highest BCUT2D eigenvalue weighted by molar-refractivity contribution is 7.92. The molecule has 3 rings (SSSR count). The van der Waals surface area contributed by atoms with Crippen LogP contribution in [0.25, 0.3) is 0 Å². The third-order valence-corrected chi connectivity index (χ3v) is 5.83. The van der Waals surface area contributed by atoms with Crippen LogP contribution >= 0.6 is 11.6 Å². The highest BCUT2D eigenvalue weighted by Gasteiger charge is 2.16. The number of amides is 1. The number of para-hydroxylation sites is 1. The molecule has 30 heavy (non-hydrogen) atoms. The number of nitrogens with one attached hydrogen (secondary N) is 2. The van der Waals surface area contributed by atoms with Gasteiger partial charge >= 0.3 is 0 Å². The Balaban J connectivity index is 1.60. The molecule has 0 aromatic heterocycles. The van der Waals surface area contributed by atoms with E-state index in [0.29, 0.717) is 16.5 Å². The first-order valence-corrected chi connectivity index (χ1v) is 11.1. The van der Waals surface area contributed by atoms with E-state index in [4.69, 9.17) is 16.3 Å². The summed E-state index contributed by atoms with van der Waals surface area (Å²) in [7, 11) is -3.86. The normalized spacial score (nSPS) is 11.0. The molecule has 0 aliphatic carbocycles. The van der Waals surface area contributed by atoms with Crippen molar-refractivity contribution >= 4 is 38.9 Å². The molecule has 0 bridgehead atoms. The highest BCUT2D eigenvalue weighted by atomic mass is 35.5. The SMILES string of the molecule is Cc1cccc(OCCC(=O)Nc2cccc(S(=O)(=O)Nc3ccccc3Cl)c2)c1. The van der Waals surface area contributed by atoms with E-state index in [9.17, 15) is 13.2 Å². The van der Waals surface area contributed by atoms with Crippen molar-refractivity contribution in [2.45, 2.75) is 18.2 Å². The minimum atomic E-state index is -3.86. The van der Waals surface area contributed by atoms with Crippen LogP contribution in [0.1, 0.15) is 12.0 Å². The lowest BCUT2D eigenvalue weighted by molar-refractivity contribution is -0.116. The molecule has 0 aliphatic heterocycles. The molecule has 3 aromatic rings. The van der Waals surface area contributed by atoms with Gasteiger partial charge in [-0.25, -0.2) is 8.42 Å². The standard InChI is InChI=1S/C22H21ClN2O4S/c1-16-6-4-8-18(14-16)29-13-12-22(26)24-17-7-5-9-19(15-17)30(27,28)25-21-11-3-2-10-20(21)23/h2-11,14-15,25H,12-13H2,1H3,(H,24,26). The third-order valence-electron chi connectivity index (χ3n) is 4.13. The average molecular weight is 445 g/mol. The zero-order chi connectivity index (χ0) is 21.6. The largest absolute Gasteiger partial charge is 0.493 e. The molecule has 0 fully saturated rings. The van der Waals surface area contributed by atoms with E-state index in [-0.39, 0.29) is 29.5 Å². The fourth-order valence-corrected chi connectivity index (χ4v) is 4.04. The van der Waals surface area contributed by atoms with E-state index < -0.39 is 10.0 Å². The van der Waals surface area contributed by atoms with Crippen molar-refractivity contribution in [1.29, 1.82) is 0 Å². The molecule has 0 unspecified atom stereocenters. The summed E-state index contributed by atoms with van der Waals surface area (Å²) in [5.41, 5.74) is 1.72. The topological polar surface area (TPSA) is 84.5 Å². The van der Waals surface area contributed by atoms with Gasteiger partial charge in [-0.3, -0.25) is 9.52 Å².